The van der Waals surface area contributed by atoms with Crippen LogP contribution in [-0.2, 0) is 0 Å². The summed E-state index contributed by atoms with van der Waals surface area (Å²) in [4.78, 5) is 0. The van der Waals surface area contributed by atoms with Crippen molar-refractivity contribution in [1.82, 2.24) is 9.78 Å². The molecule has 0 aliphatic rings. The molecular formula is C19H12BrCl2N3. The molecule has 3 aromatic carbocycles. The molecule has 0 aliphatic carbocycles. The van der Waals surface area contributed by atoms with Gasteiger partial charge >= 0.3 is 0 Å². The minimum Gasteiger partial charge on any atom is -0.338 e. The van der Waals surface area contributed by atoms with Gasteiger partial charge in [0.2, 0.25) is 0 Å². The third-order valence-electron chi connectivity index (χ3n) is 3.78. The smallest absolute Gasteiger partial charge is 0.160 e. The van der Waals surface area contributed by atoms with Crippen LogP contribution in [0.15, 0.2) is 71.2 Å². The van der Waals surface area contributed by atoms with Gasteiger partial charge in [0, 0.05) is 25.6 Å². The summed E-state index contributed by atoms with van der Waals surface area (Å²) >= 11 is 15.8. The van der Waals surface area contributed by atoms with E-state index in [1.807, 2.05) is 71.4 Å². The molecule has 0 unspecified atom stereocenters. The van der Waals surface area contributed by atoms with Crippen molar-refractivity contribution in [3.05, 3.63) is 81.2 Å². The summed E-state index contributed by atoms with van der Waals surface area (Å²) in [5.74, 6) is 0.749. The Kier molecular flexibility index (Phi) is 4.42. The van der Waals surface area contributed by atoms with Gasteiger partial charge in [0.15, 0.2) is 5.82 Å². The van der Waals surface area contributed by atoms with E-state index in [0.29, 0.717) is 10.0 Å². The van der Waals surface area contributed by atoms with Gasteiger partial charge in [-0.1, -0.05) is 51.3 Å². The van der Waals surface area contributed by atoms with Crippen LogP contribution < -0.4 is 5.32 Å². The first kappa shape index (κ1) is 16.5. The molecule has 3 nitrogen and oxygen atoms in total. The van der Waals surface area contributed by atoms with E-state index in [4.69, 9.17) is 28.3 Å². The fourth-order valence-corrected chi connectivity index (χ4v) is 3.43. The van der Waals surface area contributed by atoms with Gasteiger partial charge in [0.05, 0.1) is 11.2 Å². The average molecular weight is 433 g/mol. The lowest BCUT2D eigenvalue weighted by Crippen LogP contribution is -1.97. The van der Waals surface area contributed by atoms with Crippen molar-refractivity contribution in [3.63, 3.8) is 0 Å². The summed E-state index contributed by atoms with van der Waals surface area (Å²) in [6.45, 7) is 0. The maximum atomic E-state index is 6.15. The Bertz CT molecular complexity index is 1080. The molecule has 0 saturated carbocycles. The molecule has 1 N–H and O–H groups in total. The van der Waals surface area contributed by atoms with Gasteiger partial charge in [0.25, 0.3) is 0 Å². The highest BCUT2D eigenvalue weighted by atomic mass is 79.9. The molecule has 0 atom stereocenters. The highest BCUT2D eigenvalue weighted by Gasteiger charge is 2.13. The number of nitrogens with zero attached hydrogens (tertiary/aromatic N) is 2. The van der Waals surface area contributed by atoms with Crippen molar-refractivity contribution in [2.45, 2.75) is 0 Å². The van der Waals surface area contributed by atoms with Crippen LogP contribution in [0.2, 0.25) is 10.0 Å². The first-order valence-corrected chi connectivity index (χ1v) is 9.12. The molecule has 0 bridgehead atoms. The topological polar surface area (TPSA) is 29.9 Å². The molecule has 4 aromatic rings. The Morgan fingerprint density at radius 3 is 2.40 bits per heavy atom. The van der Waals surface area contributed by atoms with Crippen molar-refractivity contribution in [1.29, 1.82) is 0 Å². The lowest BCUT2D eigenvalue weighted by Gasteiger charge is -2.04. The number of hydrogen-bond donors (Lipinski definition) is 1. The van der Waals surface area contributed by atoms with E-state index < -0.39 is 0 Å². The van der Waals surface area contributed by atoms with Gasteiger partial charge in [-0.3, -0.25) is 0 Å². The molecule has 1 aromatic heterocycles. The number of benzene rings is 3. The predicted molar refractivity (Wildman–Crippen MR) is 109 cm³/mol. The minimum absolute atomic E-state index is 0.669. The van der Waals surface area contributed by atoms with Crippen molar-refractivity contribution < 1.29 is 0 Å². The largest absolute Gasteiger partial charge is 0.338 e. The summed E-state index contributed by atoms with van der Waals surface area (Å²) in [5.41, 5.74) is 2.76. The van der Waals surface area contributed by atoms with Crippen LogP contribution >= 0.6 is 39.1 Å². The number of hydrogen-bond acceptors (Lipinski definition) is 2. The van der Waals surface area contributed by atoms with Crippen molar-refractivity contribution >= 4 is 61.5 Å². The first-order valence-electron chi connectivity index (χ1n) is 7.57. The highest BCUT2D eigenvalue weighted by Crippen LogP contribution is 2.31. The lowest BCUT2D eigenvalue weighted by atomic mass is 10.2. The van der Waals surface area contributed by atoms with Gasteiger partial charge < -0.3 is 5.32 Å². The molecule has 124 valence electrons. The van der Waals surface area contributed by atoms with Gasteiger partial charge in [0.1, 0.15) is 0 Å². The van der Waals surface area contributed by atoms with Crippen LogP contribution in [-0.4, -0.2) is 9.78 Å². The van der Waals surface area contributed by atoms with Crippen molar-refractivity contribution in [3.8, 4) is 5.69 Å². The van der Waals surface area contributed by atoms with Crippen LogP contribution in [0.1, 0.15) is 0 Å². The van der Waals surface area contributed by atoms with Gasteiger partial charge in [-0.2, -0.15) is 0 Å². The number of halogens is 3. The van der Waals surface area contributed by atoms with Crippen LogP contribution in [0.4, 0.5) is 11.5 Å². The van der Waals surface area contributed by atoms with E-state index >= 15 is 0 Å². The Balaban J connectivity index is 1.88. The Morgan fingerprint density at radius 2 is 1.64 bits per heavy atom. The molecule has 0 saturated heterocycles. The van der Waals surface area contributed by atoms with E-state index in [1.54, 1.807) is 0 Å². The van der Waals surface area contributed by atoms with E-state index in [-0.39, 0.29) is 0 Å². The number of anilines is 2. The fraction of sp³-hybridized carbons (Fsp3) is 0. The summed E-state index contributed by atoms with van der Waals surface area (Å²) in [7, 11) is 0. The standard InChI is InChI=1S/C19H12BrCl2N3/c20-12-7-8-18-17(9-12)19(23-15-5-1-3-13(21)10-15)24-25(18)16-6-2-4-14(22)11-16/h1-11H,(H,23,24). The maximum Gasteiger partial charge on any atom is 0.160 e. The number of nitrogens with one attached hydrogen (secondary N) is 1. The highest BCUT2D eigenvalue weighted by molar-refractivity contribution is 9.10. The van der Waals surface area contributed by atoms with Crippen LogP contribution in [0.25, 0.3) is 16.6 Å². The monoisotopic (exact) mass is 431 g/mol. The molecule has 25 heavy (non-hydrogen) atoms. The molecule has 0 spiro atoms. The quantitative estimate of drug-likeness (QED) is 0.384. The second-order valence-corrected chi connectivity index (χ2v) is 7.33. The van der Waals surface area contributed by atoms with Crippen molar-refractivity contribution in [2.24, 2.45) is 0 Å². The second-order valence-electron chi connectivity index (χ2n) is 5.54. The van der Waals surface area contributed by atoms with E-state index in [2.05, 4.69) is 21.2 Å². The number of aromatic nitrogens is 2. The molecule has 0 amide bonds. The third kappa shape index (κ3) is 3.38. The number of fused-ring (bicyclic) bond motifs is 1. The zero-order valence-electron chi connectivity index (χ0n) is 12.9. The molecule has 6 heteroatoms. The van der Waals surface area contributed by atoms with E-state index in [0.717, 1.165) is 32.6 Å². The molecule has 1 heterocycles. The zero-order valence-corrected chi connectivity index (χ0v) is 16.0. The summed E-state index contributed by atoms with van der Waals surface area (Å²) in [5, 5.41) is 10.4. The van der Waals surface area contributed by atoms with Crippen LogP contribution in [0.5, 0.6) is 0 Å². The molecule has 0 fully saturated rings. The van der Waals surface area contributed by atoms with Crippen LogP contribution in [0, 0.1) is 0 Å². The zero-order chi connectivity index (χ0) is 17.4. The lowest BCUT2D eigenvalue weighted by molar-refractivity contribution is 0.915. The Labute approximate surface area is 163 Å². The number of rotatable bonds is 3. The average Bonchev–Trinajstić information content (AvgIpc) is 2.93. The van der Waals surface area contributed by atoms with Gasteiger partial charge in [-0.25, -0.2) is 4.68 Å². The van der Waals surface area contributed by atoms with Gasteiger partial charge in [-0.15, -0.1) is 5.10 Å². The molecular weight excluding hydrogens is 421 g/mol. The van der Waals surface area contributed by atoms with E-state index in [1.165, 1.54) is 0 Å². The van der Waals surface area contributed by atoms with Crippen LogP contribution in [0.3, 0.4) is 0 Å². The Hall–Kier alpha value is -2.01. The van der Waals surface area contributed by atoms with Gasteiger partial charge in [-0.05, 0) is 54.6 Å². The first-order chi connectivity index (χ1) is 12.1. The normalized spacial score (nSPS) is 11.0. The third-order valence-corrected chi connectivity index (χ3v) is 4.75. The maximum absolute atomic E-state index is 6.15. The molecule has 0 radical (unpaired) electrons. The molecule has 0 aliphatic heterocycles. The second kappa shape index (κ2) is 6.71. The SMILES string of the molecule is Clc1cccc(Nc2nn(-c3cccc(Cl)c3)c3ccc(Br)cc23)c1. The van der Waals surface area contributed by atoms with Crippen molar-refractivity contribution in [2.75, 3.05) is 5.32 Å². The molecule has 4 rings (SSSR count). The minimum atomic E-state index is 0.669. The fourth-order valence-electron chi connectivity index (χ4n) is 2.69. The predicted octanol–water partition coefficient (Wildman–Crippen LogP) is 6.84. The summed E-state index contributed by atoms with van der Waals surface area (Å²) < 4.78 is 2.86. The van der Waals surface area contributed by atoms with E-state index in [9.17, 15) is 0 Å². The summed E-state index contributed by atoms with van der Waals surface area (Å²) in [6.07, 6.45) is 0. The Morgan fingerprint density at radius 1 is 0.880 bits per heavy atom. The summed E-state index contributed by atoms with van der Waals surface area (Å²) in [6, 6.07) is 21.2.